The van der Waals surface area contributed by atoms with Crippen LogP contribution in [0.5, 0.6) is 0 Å². The van der Waals surface area contributed by atoms with Gasteiger partial charge in [0.1, 0.15) is 5.69 Å². The number of carbonyl (C=O) groups is 1. The van der Waals surface area contributed by atoms with E-state index >= 15 is 0 Å². The van der Waals surface area contributed by atoms with Gasteiger partial charge in [-0.15, -0.1) is 5.10 Å². The summed E-state index contributed by atoms with van der Waals surface area (Å²) in [5.74, 6) is -0.616. The Balaban J connectivity index is 1.66. The van der Waals surface area contributed by atoms with Gasteiger partial charge in [0.25, 0.3) is 11.6 Å². The van der Waals surface area contributed by atoms with Crippen molar-refractivity contribution in [3.63, 3.8) is 0 Å². The van der Waals surface area contributed by atoms with Gasteiger partial charge < -0.3 is 5.73 Å². The van der Waals surface area contributed by atoms with Crippen molar-refractivity contribution in [1.29, 1.82) is 0 Å². The number of nitrogen functional groups attached to an aromatic ring is 1. The number of nitrogens with zero attached hydrogens (tertiary/aromatic N) is 7. The molecule has 0 spiro atoms. The monoisotopic (exact) mass is 433 g/mol. The largest absolute Gasteiger partial charge is 0.378 e. The minimum atomic E-state index is -0.663. The minimum Gasteiger partial charge on any atom is -0.378 e. The number of nitro groups is 1. The molecule has 2 heterocycles. The van der Waals surface area contributed by atoms with Gasteiger partial charge in [0.15, 0.2) is 5.69 Å². The zero-order chi connectivity index (χ0) is 22.7. The molecule has 3 N–H and O–H groups in total. The summed E-state index contributed by atoms with van der Waals surface area (Å²) in [5, 5.41) is 29.9. The van der Waals surface area contributed by atoms with Crippen molar-refractivity contribution < 1.29 is 14.3 Å². The van der Waals surface area contributed by atoms with E-state index in [9.17, 15) is 14.9 Å². The maximum Gasteiger partial charge on any atom is 0.294 e. The topological polar surface area (TPSA) is 180 Å². The second-order valence-corrected chi connectivity index (χ2v) is 6.59. The highest BCUT2D eigenvalue weighted by atomic mass is 16.6. The molecule has 13 nitrogen and oxygen atoms in total. The molecular formula is C19H15N9O4. The van der Waals surface area contributed by atoms with Gasteiger partial charge in [-0.3, -0.25) is 14.9 Å². The number of amides is 1. The Kier molecular flexibility index (Phi) is 5.36. The van der Waals surface area contributed by atoms with Crippen LogP contribution >= 0.6 is 0 Å². The highest BCUT2D eigenvalue weighted by molar-refractivity contribution is 5.98. The lowest BCUT2D eigenvalue weighted by Gasteiger charge is -2.06. The van der Waals surface area contributed by atoms with E-state index in [-0.39, 0.29) is 23.0 Å². The number of carbonyl (C=O) groups excluding carboxylic acids is 1. The van der Waals surface area contributed by atoms with Gasteiger partial charge in [-0.05, 0) is 17.2 Å². The Morgan fingerprint density at radius 2 is 2.03 bits per heavy atom. The van der Waals surface area contributed by atoms with Crippen molar-refractivity contribution in [2.24, 2.45) is 5.10 Å². The number of nitrogens with one attached hydrogen (secondary N) is 1. The zero-order valence-electron chi connectivity index (χ0n) is 16.5. The van der Waals surface area contributed by atoms with E-state index in [0.717, 1.165) is 5.56 Å². The predicted octanol–water partition coefficient (Wildman–Crippen LogP) is 1.88. The number of rotatable bonds is 6. The smallest absolute Gasteiger partial charge is 0.294 e. The Bertz CT molecular complexity index is 1320. The molecule has 32 heavy (non-hydrogen) atoms. The molecule has 0 aliphatic heterocycles. The molecule has 0 fully saturated rings. The molecule has 0 saturated heterocycles. The van der Waals surface area contributed by atoms with Gasteiger partial charge in [-0.2, -0.15) is 9.78 Å². The quantitative estimate of drug-likeness (QED) is 0.261. The van der Waals surface area contributed by atoms with Crippen molar-refractivity contribution in [3.05, 3.63) is 75.5 Å². The number of aryl methyl sites for hydroxylation is 1. The average Bonchev–Trinajstić information content (AvgIpc) is 3.40. The number of aromatic nitrogens is 5. The van der Waals surface area contributed by atoms with Gasteiger partial charge in [-0.1, -0.05) is 47.2 Å². The SMILES string of the molecule is Cc1ccc(-c2c(C(=O)N/N=C\c3cccc([N+](=O)[O-])c3)nnn2-c2nonc2N)cc1. The molecule has 13 heteroatoms. The van der Waals surface area contributed by atoms with Crippen LogP contribution in [0.2, 0.25) is 0 Å². The van der Waals surface area contributed by atoms with Gasteiger partial charge in [0.05, 0.1) is 11.1 Å². The third kappa shape index (κ3) is 4.02. The van der Waals surface area contributed by atoms with Gasteiger partial charge in [0, 0.05) is 23.3 Å². The van der Waals surface area contributed by atoms with E-state index in [1.54, 1.807) is 18.2 Å². The van der Waals surface area contributed by atoms with E-state index < -0.39 is 10.8 Å². The molecule has 4 aromatic rings. The van der Waals surface area contributed by atoms with Crippen LogP contribution < -0.4 is 11.2 Å². The van der Waals surface area contributed by atoms with Crippen molar-refractivity contribution in [3.8, 4) is 17.1 Å². The first-order valence-corrected chi connectivity index (χ1v) is 9.13. The van der Waals surface area contributed by atoms with Crippen LogP contribution in [0.3, 0.4) is 0 Å². The van der Waals surface area contributed by atoms with E-state index in [1.807, 2.05) is 19.1 Å². The third-order valence-electron chi connectivity index (χ3n) is 4.37. The zero-order valence-corrected chi connectivity index (χ0v) is 16.5. The van der Waals surface area contributed by atoms with Crippen LogP contribution in [0.15, 0.2) is 58.3 Å². The normalized spacial score (nSPS) is 11.0. The first-order valence-electron chi connectivity index (χ1n) is 9.13. The van der Waals surface area contributed by atoms with Gasteiger partial charge >= 0.3 is 0 Å². The van der Waals surface area contributed by atoms with Crippen LogP contribution in [0.25, 0.3) is 17.1 Å². The Hall–Kier alpha value is -4.94. The lowest BCUT2D eigenvalue weighted by molar-refractivity contribution is -0.384. The lowest BCUT2D eigenvalue weighted by Crippen LogP contribution is -2.19. The van der Waals surface area contributed by atoms with Crippen molar-refractivity contribution >= 4 is 23.6 Å². The Labute approximate surface area is 179 Å². The van der Waals surface area contributed by atoms with E-state index in [0.29, 0.717) is 16.8 Å². The molecule has 2 aromatic heterocycles. The van der Waals surface area contributed by atoms with Crippen LogP contribution in [0.4, 0.5) is 11.5 Å². The summed E-state index contributed by atoms with van der Waals surface area (Å²) < 4.78 is 5.88. The lowest BCUT2D eigenvalue weighted by atomic mass is 10.1. The van der Waals surface area contributed by atoms with Crippen molar-refractivity contribution in [1.82, 2.24) is 30.7 Å². The van der Waals surface area contributed by atoms with Crippen LogP contribution in [-0.4, -0.2) is 42.4 Å². The molecule has 1 amide bonds. The number of nitrogens with two attached hydrogens (primary N) is 1. The van der Waals surface area contributed by atoms with Crippen molar-refractivity contribution in [2.75, 3.05) is 5.73 Å². The van der Waals surface area contributed by atoms with E-state index in [1.165, 1.54) is 29.1 Å². The molecule has 0 unspecified atom stereocenters. The number of nitro benzene ring substituents is 1. The summed E-state index contributed by atoms with van der Waals surface area (Å²) in [6.07, 6.45) is 1.28. The molecule has 2 aromatic carbocycles. The summed E-state index contributed by atoms with van der Waals surface area (Å²) in [6, 6.07) is 13.1. The fourth-order valence-corrected chi connectivity index (χ4v) is 2.83. The minimum absolute atomic E-state index is 0.0288. The number of anilines is 1. The van der Waals surface area contributed by atoms with Crippen LogP contribution in [-0.2, 0) is 0 Å². The molecule has 0 saturated carbocycles. The number of non-ortho nitro benzene ring substituents is 1. The molecule has 0 bridgehead atoms. The highest BCUT2D eigenvalue weighted by Crippen LogP contribution is 2.26. The fraction of sp³-hybridized carbons (Fsp3) is 0.0526. The fourth-order valence-electron chi connectivity index (χ4n) is 2.83. The standard InChI is InChI=1S/C19H15N9O4/c1-11-5-7-13(8-6-11)16-15(22-26-27(16)18-17(20)24-32-25-18)19(29)23-21-10-12-3-2-4-14(9-12)28(30)31/h2-10H,1H3,(H2,20,24)(H,23,29)/b21-10-. The molecule has 4 rings (SSSR count). The number of hydrogen-bond acceptors (Lipinski definition) is 10. The molecule has 0 aliphatic rings. The van der Waals surface area contributed by atoms with Crippen molar-refractivity contribution in [2.45, 2.75) is 6.92 Å². The predicted molar refractivity (Wildman–Crippen MR) is 112 cm³/mol. The van der Waals surface area contributed by atoms with Crippen LogP contribution in [0.1, 0.15) is 21.6 Å². The second-order valence-electron chi connectivity index (χ2n) is 6.59. The summed E-state index contributed by atoms with van der Waals surface area (Å²) >= 11 is 0. The molecule has 0 radical (unpaired) electrons. The van der Waals surface area contributed by atoms with Gasteiger partial charge in [-0.25, -0.2) is 10.1 Å². The first-order chi connectivity index (χ1) is 15.4. The number of hydrogen-bond donors (Lipinski definition) is 2. The average molecular weight is 433 g/mol. The first kappa shape index (κ1) is 20.3. The Morgan fingerprint density at radius 1 is 1.25 bits per heavy atom. The second kappa shape index (κ2) is 8.43. The summed E-state index contributed by atoms with van der Waals surface area (Å²) in [7, 11) is 0. The summed E-state index contributed by atoms with van der Waals surface area (Å²) in [6.45, 7) is 1.93. The molecule has 0 atom stereocenters. The van der Waals surface area contributed by atoms with Crippen LogP contribution in [0, 0.1) is 17.0 Å². The number of benzene rings is 2. The molecule has 160 valence electrons. The Morgan fingerprint density at radius 3 is 2.72 bits per heavy atom. The van der Waals surface area contributed by atoms with E-state index in [2.05, 4.69) is 35.8 Å². The highest BCUT2D eigenvalue weighted by Gasteiger charge is 2.25. The van der Waals surface area contributed by atoms with Gasteiger partial charge in [0.2, 0.25) is 11.6 Å². The maximum atomic E-state index is 12.8. The summed E-state index contributed by atoms with van der Waals surface area (Å²) in [4.78, 5) is 23.2. The molecular weight excluding hydrogens is 418 g/mol. The summed E-state index contributed by atoms with van der Waals surface area (Å²) in [5.41, 5.74) is 10.4. The maximum absolute atomic E-state index is 12.8. The third-order valence-corrected chi connectivity index (χ3v) is 4.37. The van der Waals surface area contributed by atoms with E-state index in [4.69, 9.17) is 5.73 Å². The number of hydrazone groups is 1. The molecule has 0 aliphatic carbocycles.